The van der Waals surface area contributed by atoms with Crippen LogP contribution in [0.5, 0.6) is 5.75 Å². The van der Waals surface area contributed by atoms with Crippen molar-refractivity contribution in [1.82, 2.24) is 9.99 Å². The number of para-hydroxylation sites is 1. The van der Waals surface area contributed by atoms with Gasteiger partial charge in [-0.1, -0.05) is 24.3 Å². The van der Waals surface area contributed by atoms with E-state index >= 15 is 0 Å². The molecule has 1 N–H and O–H groups in total. The molecule has 0 radical (unpaired) electrons. The van der Waals surface area contributed by atoms with Gasteiger partial charge in [0.2, 0.25) is 5.91 Å². The molecule has 7 heteroatoms. The van der Waals surface area contributed by atoms with Gasteiger partial charge in [-0.15, -0.1) is 11.8 Å². The molecule has 0 aliphatic carbocycles. The molecule has 3 aromatic rings. The number of ether oxygens (including phenoxy) is 1. The smallest absolute Gasteiger partial charge is 0.250 e. The summed E-state index contributed by atoms with van der Waals surface area (Å²) in [7, 11) is 1.63. The van der Waals surface area contributed by atoms with Crippen molar-refractivity contribution in [2.24, 2.45) is 5.10 Å². The summed E-state index contributed by atoms with van der Waals surface area (Å²) >= 11 is 1.51. The van der Waals surface area contributed by atoms with Crippen LogP contribution < -0.4 is 10.2 Å². The van der Waals surface area contributed by atoms with Gasteiger partial charge in [0, 0.05) is 22.7 Å². The fourth-order valence-electron chi connectivity index (χ4n) is 3.11. The van der Waals surface area contributed by atoms with Gasteiger partial charge in [-0.05, 0) is 49.7 Å². The summed E-state index contributed by atoms with van der Waals surface area (Å²) in [6, 6.07) is 16.3. The third-order valence-electron chi connectivity index (χ3n) is 4.62. The highest BCUT2D eigenvalue weighted by atomic mass is 32.2. The van der Waals surface area contributed by atoms with Crippen LogP contribution in [-0.2, 0) is 10.5 Å². The highest BCUT2D eigenvalue weighted by Gasteiger charge is 2.12. The Bertz CT molecular complexity index is 1050. The first kappa shape index (κ1) is 21.6. The molecule has 156 valence electrons. The standard InChI is InChI=1S/C23H24FN3O2S/c1-16-12-19(17(2)27(16)22-7-5-4-6-21(22)24)13-25-26-23(28)15-30-14-18-8-10-20(29-3)11-9-18/h4-13H,14-15H2,1-3H3,(H,26,28)/b25-13-. The lowest BCUT2D eigenvalue weighted by atomic mass is 10.2. The average Bonchev–Trinajstić information content (AvgIpc) is 3.02. The monoisotopic (exact) mass is 425 g/mol. The minimum Gasteiger partial charge on any atom is -0.497 e. The zero-order valence-corrected chi connectivity index (χ0v) is 18.0. The second kappa shape index (κ2) is 10.1. The molecule has 0 aliphatic heterocycles. The van der Waals surface area contributed by atoms with E-state index in [1.54, 1.807) is 31.5 Å². The third kappa shape index (κ3) is 5.30. The van der Waals surface area contributed by atoms with Crippen LogP contribution >= 0.6 is 11.8 Å². The van der Waals surface area contributed by atoms with Crippen LogP contribution in [0.1, 0.15) is 22.5 Å². The summed E-state index contributed by atoms with van der Waals surface area (Å²) in [6.45, 7) is 3.80. The van der Waals surface area contributed by atoms with E-state index in [1.807, 2.05) is 48.7 Å². The van der Waals surface area contributed by atoms with Gasteiger partial charge in [0.25, 0.3) is 0 Å². The number of rotatable bonds is 8. The van der Waals surface area contributed by atoms with Crippen LogP contribution in [0.4, 0.5) is 4.39 Å². The number of carbonyl (C=O) groups is 1. The Balaban J connectivity index is 1.54. The number of aromatic nitrogens is 1. The number of carbonyl (C=O) groups excluding carboxylic acids is 1. The normalized spacial score (nSPS) is 11.1. The second-order valence-electron chi connectivity index (χ2n) is 6.75. The van der Waals surface area contributed by atoms with Crippen molar-refractivity contribution in [2.45, 2.75) is 19.6 Å². The Morgan fingerprint density at radius 1 is 1.20 bits per heavy atom. The number of hydrazone groups is 1. The Labute approximate surface area is 179 Å². The average molecular weight is 426 g/mol. The van der Waals surface area contributed by atoms with Crippen LogP contribution in [0.2, 0.25) is 0 Å². The molecule has 0 saturated heterocycles. The number of nitrogens with zero attached hydrogens (tertiary/aromatic N) is 2. The molecule has 0 saturated carbocycles. The zero-order valence-electron chi connectivity index (χ0n) is 17.2. The molecule has 0 bridgehead atoms. The number of nitrogens with one attached hydrogen (secondary N) is 1. The maximum Gasteiger partial charge on any atom is 0.250 e. The van der Waals surface area contributed by atoms with Gasteiger partial charge in [0.1, 0.15) is 11.6 Å². The van der Waals surface area contributed by atoms with E-state index in [1.165, 1.54) is 17.8 Å². The van der Waals surface area contributed by atoms with Crippen molar-refractivity contribution in [3.05, 3.63) is 82.9 Å². The number of hydrogen-bond acceptors (Lipinski definition) is 4. The van der Waals surface area contributed by atoms with Crippen molar-refractivity contribution >= 4 is 23.9 Å². The Kier molecular flexibility index (Phi) is 7.30. The fourth-order valence-corrected chi connectivity index (χ4v) is 3.89. The van der Waals surface area contributed by atoms with Crippen LogP contribution in [-0.4, -0.2) is 29.6 Å². The van der Waals surface area contributed by atoms with Crippen LogP contribution in [0, 0.1) is 19.7 Å². The number of halogens is 1. The Morgan fingerprint density at radius 2 is 1.93 bits per heavy atom. The first-order valence-electron chi connectivity index (χ1n) is 9.46. The molecule has 30 heavy (non-hydrogen) atoms. The molecule has 0 unspecified atom stereocenters. The van der Waals surface area contributed by atoms with Gasteiger partial charge in [0.05, 0.1) is 24.8 Å². The van der Waals surface area contributed by atoms with Gasteiger partial charge >= 0.3 is 0 Å². The maximum absolute atomic E-state index is 14.2. The fraction of sp³-hybridized carbons (Fsp3) is 0.217. The van der Waals surface area contributed by atoms with Gasteiger partial charge in [-0.3, -0.25) is 4.79 Å². The molecule has 1 aromatic heterocycles. The van der Waals surface area contributed by atoms with Crippen LogP contribution in [0.15, 0.2) is 59.7 Å². The second-order valence-corrected chi connectivity index (χ2v) is 7.73. The molecule has 5 nitrogen and oxygen atoms in total. The predicted molar refractivity (Wildman–Crippen MR) is 120 cm³/mol. The Morgan fingerprint density at radius 3 is 2.63 bits per heavy atom. The summed E-state index contributed by atoms with van der Waals surface area (Å²) in [5.41, 5.74) is 6.73. The number of aryl methyl sites for hydroxylation is 1. The minimum absolute atomic E-state index is 0.173. The van der Waals surface area contributed by atoms with Crippen molar-refractivity contribution in [1.29, 1.82) is 0 Å². The molecule has 1 amide bonds. The van der Waals surface area contributed by atoms with Crippen LogP contribution in [0.25, 0.3) is 5.69 Å². The molecule has 0 atom stereocenters. The van der Waals surface area contributed by atoms with Crippen molar-refractivity contribution in [3.63, 3.8) is 0 Å². The molecule has 2 aromatic carbocycles. The molecular formula is C23H24FN3O2S. The van der Waals surface area contributed by atoms with Gasteiger partial charge in [-0.2, -0.15) is 5.10 Å². The van der Waals surface area contributed by atoms with Crippen molar-refractivity contribution < 1.29 is 13.9 Å². The molecule has 0 fully saturated rings. The van der Waals surface area contributed by atoms with Crippen molar-refractivity contribution in [2.75, 3.05) is 12.9 Å². The lowest BCUT2D eigenvalue weighted by molar-refractivity contribution is -0.118. The quantitative estimate of drug-likeness (QED) is 0.423. The molecule has 1 heterocycles. The lowest BCUT2D eigenvalue weighted by Gasteiger charge is -2.10. The lowest BCUT2D eigenvalue weighted by Crippen LogP contribution is -2.19. The number of amides is 1. The highest BCUT2D eigenvalue weighted by molar-refractivity contribution is 7.99. The van der Waals surface area contributed by atoms with Crippen molar-refractivity contribution in [3.8, 4) is 11.4 Å². The molecule has 3 rings (SSSR count). The molecule has 0 spiro atoms. The topological polar surface area (TPSA) is 55.6 Å². The van der Waals surface area contributed by atoms with Gasteiger partial charge < -0.3 is 9.30 Å². The predicted octanol–water partition coefficient (Wildman–Crippen LogP) is 4.63. The summed E-state index contributed by atoms with van der Waals surface area (Å²) in [6.07, 6.45) is 1.59. The number of hydrogen-bond donors (Lipinski definition) is 1. The molecular weight excluding hydrogens is 401 g/mol. The Hall–Kier alpha value is -3.06. The van der Waals surface area contributed by atoms with Gasteiger partial charge in [-0.25, -0.2) is 9.82 Å². The summed E-state index contributed by atoms with van der Waals surface area (Å²) in [5, 5.41) is 4.06. The maximum atomic E-state index is 14.2. The highest BCUT2D eigenvalue weighted by Crippen LogP contribution is 2.22. The third-order valence-corrected chi connectivity index (χ3v) is 5.62. The minimum atomic E-state index is -0.287. The largest absolute Gasteiger partial charge is 0.497 e. The zero-order chi connectivity index (χ0) is 21.5. The SMILES string of the molecule is COc1ccc(CSCC(=O)N/N=C\c2cc(C)n(-c3ccccc3F)c2C)cc1. The number of benzene rings is 2. The number of methoxy groups -OCH3 is 1. The first-order valence-corrected chi connectivity index (χ1v) is 10.6. The van der Waals surface area contributed by atoms with E-state index < -0.39 is 0 Å². The van der Waals surface area contributed by atoms with E-state index in [2.05, 4.69) is 10.5 Å². The van der Waals surface area contributed by atoms with E-state index in [-0.39, 0.29) is 11.7 Å². The van der Waals surface area contributed by atoms with Gasteiger partial charge in [0.15, 0.2) is 0 Å². The summed E-state index contributed by atoms with van der Waals surface area (Å²) in [4.78, 5) is 12.0. The van der Waals surface area contributed by atoms with E-state index in [0.717, 1.165) is 34.0 Å². The number of thioether (sulfide) groups is 1. The van der Waals surface area contributed by atoms with E-state index in [9.17, 15) is 9.18 Å². The van der Waals surface area contributed by atoms with E-state index in [4.69, 9.17) is 4.74 Å². The molecule has 0 aliphatic rings. The first-order chi connectivity index (χ1) is 14.5. The summed E-state index contributed by atoms with van der Waals surface area (Å²) in [5.74, 6) is 1.38. The van der Waals surface area contributed by atoms with Crippen LogP contribution in [0.3, 0.4) is 0 Å². The summed E-state index contributed by atoms with van der Waals surface area (Å²) < 4.78 is 21.1. The van der Waals surface area contributed by atoms with E-state index in [0.29, 0.717) is 11.4 Å².